The minimum Gasteiger partial charge on any atom is -0.481 e. The minimum absolute atomic E-state index is 0.0340. The Bertz CT molecular complexity index is 534. The SMILES string of the molecule is CC[C@@H](Oc1ccccc1F)C(=O)N1CC[C@H](C(=O)O)C1. The number of rotatable bonds is 5. The fourth-order valence-electron chi connectivity index (χ4n) is 2.37. The molecule has 114 valence electrons. The summed E-state index contributed by atoms with van der Waals surface area (Å²) in [6, 6.07) is 5.91. The molecule has 0 radical (unpaired) electrons. The monoisotopic (exact) mass is 295 g/mol. The summed E-state index contributed by atoms with van der Waals surface area (Å²) in [6.07, 6.45) is 0.0351. The molecule has 1 fully saturated rings. The van der Waals surface area contributed by atoms with E-state index in [-0.39, 0.29) is 18.2 Å². The van der Waals surface area contributed by atoms with Crippen LogP contribution < -0.4 is 4.74 Å². The number of hydrogen-bond donors (Lipinski definition) is 1. The standard InChI is InChI=1S/C15H18FNO4/c1-2-12(21-13-6-4-3-5-11(13)16)14(18)17-8-7-10(9-17)15(19)20/h3-6,10,12H,2,7-9H2,1H3,(H,19,20)/t10-,12+/m0/s1. The van der Waals surface area contributed by atoms with Gasteiger partial charge in [-0.1, -0.05) is 19.1 Å². The Labute approximate surface area is 122 Å². The molecular weight excluding hydrogens is 277 g/mol. The molecule has 21 heavy (non-hydrogen) atoms. The number of amides is 1. The Hall–Kier alpha value is -2.11. The van der Waals surface area contributed by atoms with Gasteiger partial charge < -0.3 is 14.7 Å². The van der Waals surface area contributed by atoms with Gasteiger partial charge in [-0.15, -0.1) is 0 Å². The number of nitrogens with zero attached hydrogens (tertiary/aromatic N) is 1. The van der Waals surface area contributed by atoms with Gasteiger partial charge in [0, 0.05) is 13.1 Å². The molecule has 2 atom stereocenters. The molecule has 0 spiro atoms. The third-order valence-electron chi connectivity index (χ3n) is 3.60. The van der Waals surface area contributed by atoms with E-state index in [1.54, 1.807) is 19.1 Å². The number of carbonyl (C=O) groups excluding carboxylic acids is 1. The van der Waals surface area contributed by atoms with Gasteiger partial charge in [0.05, 0.1) is 5.92 Å². The summed E-state index contributed by atoms with van der Waals surface area (Å²) in [7, 11) is 0. The van der Waals surface area contributed by atoms with Gasteiger partial charge in [0.15, 0.2) is 17.7 Å². The van der Waals surface area contributed by atoms with E-state index in [2.05, 4.69) is 0 Å². The molecule has 2 rings (SSSR count). The zero-order valence-corrected chi connectivity index (χ0v) is 11.8. The number of aliphatic carboxylic acids is 1. The third-order valence-corrected chi connectivity index (χ3v) is 3.60. The maximum Gasteiger partial charge on any atom is 0.308 e. The van der Waals surface area contributed by atoms with Crippen LogP contribution in [0, 0.1) is 11.7 Å². The van der Waals surface area contributed by atoms with Crippen LogP contribution in [-0.2, 0) is 9.59 Å². The predicted molar refractivity (Wildman–Crippen MR) is 73.4 cm³/mol. The van der Waals surface area contributed by atoms with Crippen LogP contribution >= 0.6 is 0 Å². The van der Waals surface area contributed by atoms with Crippen LogP contribution in [0.2, 0.25) is 0 Å². The number of para-hydroxylation sites is 1. The fourth-order valence-corrected chi connectivity index (χ4v) is 2.37. The van der Waals surface area contributed by atoms with E-state index in [1.165, 1.54) is 17.0 Å². The normalized spacial score (nSPS) is 19.3. The summed E-state index contributed by atoms with van der Waals surface area (Å²) >= 11 is 0. The lowest BCUT2D eigenvalue weighted by atomic mass is 10.1. The highest BCUT2D eigenvalue weighted by atomic mass is 19.1. The third kappa shape index (κ3) is 3.51. The van der Waals surface area contributed by atoms with Crippen LogP contribution in [0.25, 0.3) is 0 Å². The van der Waals surface area contributed by atoms with Crippen molar-refractivity contribution in [1.82, 2.24) is 4.90 Å². The molecule has 1 N–H and O–H groups in total. The number of carboxylic acid groups (broad SMARTS) is 1. The maximum atomic E-state index is 13.6. The van der Waals surface area contributed by atoms with Crippen LogP contribution in [0.1, 0.15) is 19.8 Å². The first-order valence-corrected chi connectivity index (χ1v) is 6.95. The van der Waals surface area contributed by atoms with E-state index < -0.39 is 23.8 Å². The molecule has 1 aliphatic heterocycles. The van der Waals surface area contributed by atoms with E-state index in [0.717, 1.165) is 0 Å². The Balaban J connectivity index is 2.03. The first-order valence-electron chi connectivity index (χ1n) is 6.95. The molecule has 1 amide bonds. The van der Waals surface area contributed by atoms with Crippen LogP contribution in [0.3, 0.4) is 0 Å². The molecule has 1 aromatic rings. The lowest BCUT2D eigenvalue weighted by molar-refractivity contribution is -0.142. The Morgan fingerprint density at radius 3 is 2.76 bits per heavy atom. The van der Waals surface area contributed by atoms with Gasteiger partial charge in [-0.3, -0.25) is 9.59 Å². The van der Waals surface area contributed by atoms with Gasteiger partial charge in [-0.2, -0.15) is 0 Å². The maximum absolute atomic E-state index is 13.6. The smallest absolute Gasteiger partial charge is 0.308 e. The van der Waals surface area contributed by atoms with Crippen molar-refractivity contribution in [3.8, 4) is 5.75 Å². The summed E-state index contributed by atoms with van der Waals surface area (Å²) in [5.74, 6) is -2.20. The number of halogens is 1. The Morgan fingerprint density at radius 2 is 2.19 bits per heavy atom. The lowest BCUT2D eigenvalue weighted by Gasteiger charge is -2.23. The van der Waals surface area contributed by atoms with E-state index >= 15 is 0 Å². The molecule has 0 bridgehead atoms. The van der Waals surface area contributed by atoms with Crippen LogP contribution in [-0.4, -0.2) is 41.1 Å². The summed E-state index contributed by atoms with van der Waals surface area (Å²) in [6.45, 7) is 2.35. The fraction of sp³-hybridized carbons (Fsp3) is 0.467. The molecule has 1 aromatic carbocycles. The molecule has 1 heterocycles. The second kappa shape index (κ2) is 6.56. The molecule has 1 aliphatic rings. The molecular formula is C15H18FNO4. The van der Waals surface area contributed by atoms with E-state index in [0.29, 0.717) is 19.4 Å². The second-order valence-electron chi connectivity index (χ2n) is 5.05. The highest BCUT2D eigenvalue weighted by Crippen LogP contribution is 2.22. The summed E-state index contributed by atoms with van der Waals surface area (Å²) in [5.41, 5.74) is 0. The van der Waals surface area contributed by atoms with Crippen molar-refractivity contribution in [2.24, 2.45) is 5.92 Å². The van der Waals surface area contributed by atoms with Crippen molar-refractivity contribution in [2.45, 2.75) is 25.9 Å². The molecule has 1 saturated heterocycles. The summed E-state index contributed by atoms with van der Waals surface area (Å²) in [4.78, 5) is 24.8. The van der Waals surface area contributed by atoms with E-state index in [1.807, 2.05) is 0 Å². The second-order valence-corrected chi connectivity index (χ2v) is 5.05. The quantitative estimate of drug-likeness (QED) is 0.901. The Morgan fingerprint density at radius 1 is 1.48 bits per heavy atom. The minimum atomic E-state index is -0.895. The van der Waals surface area contributed by atoms with Crippen LogP contribution in [0.4, 0.5) is 4.39 Å². The first kappa shape index (κ1) is 15.3. The first-order chi connectivity index (χ1) is 10.0. The molecule has 0 unspecified atom stereocenters. The van der Waals surface area contributed by atoms with Crippen molar-refractivity contribution in [3.63, 3.8) is 0 Å². The van der Waals surface area contributed by atoms with Gasteiger partial charge in [-0.25, -0.2) is 4.39 Å². The van der Waals surface area contributed by atoms with Gasteiger partial charge in [-0.05, 0) is 25.0 Å². The topological polar surface area (TPSA) is 66.8 Å². The van der Waals surface area contributed by atoms with Crippen molar-refractivity contribution in [3.05, 3.63) is 30.1 Å². The molecule has 0 aromatic heterocycles. The highest BCUT2D eigenvalue weighted by molar-refractivity contribution is 5.82. The number of carboxylic acids is 1. The van der Waals surface area contributed by atoms with Gasteiger partial charge in [0.2, 0.25) is 0 Å². The van der Waals surface area contributed by atoms with Gasteiger partial charge in [0.1, 0.15) is 0 Å². The summed E-state index contributed by atoms with van der Waals surface area (Å²) in [5, 5.41) is 8.96. The van der Waals surface area contributed by atoms with Crippen molar-refractivity contribution < 1.29 is 23.8 Å². The Kier molecular flexibility index (Phi) is 4.77. The molecule has 6 heteroatoms. The predicted octanol–water partition coefficient (Wildman–Crippen LogP) is 1.92. The van der Waals surface area contributed by atoms with Gasteiger partial charge >= 0.3 is 5.97 Å². The van der Waals surface area contributed by atoms with Gasteiger partial charge in [0.25, 0.3) is 5.91 Å². The highest BCUT2D eigenvalue weighted by Gasteiger charge is 2.34. The average Bonchev–Trinajstić information content (AvgIpc) is 2.96. The number of benzene rings is 1. The van der Waals surface area contributed by atoms with E-state index in [4.69, 9.17) is 9.84 Å². The van der Waals surface area contributed by atoms with Crippen molar-refractivity contribution in [2.75, 3.05) is 13.1 Å². The molecule has 0 aliphatic carbocycles. The van der Waals surface area contributed by atoms with Crippen molar-refractivity contribution in [1.29, 1.82) is 0 Å². The van der Waals surface area contributed by atoms with Crippen molar-refractivity contribution >= 4 is 11.9 Å². The lowest BCUT2D eigenvalue weighted by Crippen LogP contribution is -2.41. The number of likely N-dealkylation sites (tertiary alicyclic amines) is 1. The van der Waals surface area contributed by atoms with E-state index in [9.17, 15) is 14.0 Å². The van der Waals surface area contributed by atoms with Crippen LogP contribution in [0.5, 0.6) is 5.75 Å². The largest absolute Gasteiger partial charge is 0.481 e. The number of ether oxygens (including phenoxy) is 1. The number of carbonyl (C=O) groups is 2. The molecule has 5 nitrogen and oxygen atoms in total. The molecule has 0 saturated carbocycles. The average molecular weight is 295 g/mol. The zero-order chi connectivity index (χ0) is 15.4. The summed E-state index contributed by atoms with van der Waals surface area (Å²) < 4.78 is 19.0. The zero-order valence-electron chi connectivity index (χ0n) is 11.8. The number of hydrogen-bond acceptors (Lipinski definition) is 3. The van der Waals surface area contributed by atoms with Crippen LogP contribution in [0.15, 0.2) is 24.3 Å².